The number of hydrogen-bond donors (Lipinski definition) is 2. The van der Waals surface area contributed by atoms with Gasteiger partial charge in [0.2, 0.25) is 0 Å². The van der Waals surface area contributed by atoms with Crippen molar-refractivity contribution < 1.29 is 14.2 Å². The molecule has 0 fully saturated rings. The van der Waals surface area contributed by atoms with Crippen molar-refractivity contribution in [1.29, 1.82) is 0 Å². The van der Waals surface area contributed by atoms with Crippen LogP contribution in [-0.4, -0.2) is 47.0 Å². The first-order valence-electron chi connectivity index (χ1n) is 7.01. The van der Waals surface area contributed by atoms with Crippen LogP contribution in [0.2, 0.25) is 0 Å². The van der Waals surface area contributed by atoms with Crippen LogP contribution in [0, 0.1) is 0 Å². The largest absolute Gasteiger partial charge is 0.493 e. The molecule has 0 saturated carbocycles. The fourth-order valence-corrected chi connectivity index (χ4v) is 1.76. The van der Waals surface area contributed by atoms with E-state index in [9.17, 15) is 0 Å². The normalized spacial score (nSPS) is 11.1. The lowest BCUT2D eigenvalue weighted by Crippen LogP contribution is -2.30. The van der Waals surface area contributed by atoms with Gasteiger partial charge in [-0.15, -0.1) is 0 Å². The van der Waals surface area contributed by atoms with Gasteiger partial charge in [-0.1, -0.05) is 0 Å². The second kappa shape index (κ2) is 9.88. The molecule has 0 bridgehead atoms. The molecule has 0 aliphatic carbocycles. The predicted octanol–water partition coefficient (Wildman–Crippen LogP) is 2.12. The molecule has 6 nitrogen and oxygen atoms in total. The van der Waals surface area contributed by atoms with Crippen LogP contribution in [0.15, 0.2) is 23.2 Å². The van der Waals surface area contributed by atoms with Crippen molar-refractivity contribution in [1.82, 2.24) is 5.32 Å². The number of anilines is 1. The number of guanidine groups is 1. The van der Waals surface area contributed by atoms with Crippen LogP contribution in [0.3, 0.4) is 0 Å². The van der Waals surface area contributed by atoms with Crippen molar-refractivity contribution in [2.45, 2.75) is 13.3 Å². The molecule has 0 radical (unpaired) electrons. The summed E-state index contributed by atoms with van der Waals surface area (Å²) in [6.45, 7) is 4.24. The van der Waals surface area contributed by atoms with Gasteiger partial charge in [0, 0.05) is 38.6 Å². The van der Waals surface area contributed by atoms with E-state index >= 15 is 0 Å². The Labute approximate surface area is 126 Å². The van der Waals surface area contributed by atoms with Gasteiger partial charge in [0.25, 0.3) is 0 Å². The van der Waals surface area contributed by atoms with E-state index in [2.05, 4.69) is 15.6 Å². The topological polar surface area (TPSA) is 64.1 Å². The number of rotatable bonds is 8. The molecule has 6 heteroatoms. The van der Waals surface area contributed by atoms with E-state index in [1.807, 2.05) is 25.1 Å². The van der Waals surface area contributed by atoms with Crippen molar-refractivity contribution in [3.05, 3.63) is 18.2 Å². The molecular weight excluding hydrogens is 270 g/mol. The summed E-state index contributed by atoms with van der Waals surface area (Å²) < 4.78 is 15.5. The number of aliphatic imine (C=N–C) groups is 1. The van der Waals surface area contributed by atoms with Gasteiger partial charge in [-0.25, -0.2) is 0 Å². The Hall–Kier alpha value is -1.95. The molecule has 2 N–H and O–H groups in total. The van der Waals surface area contributed by atoms with E-state index in [1.54, 1.807) is 21.3 Å². The molecule has 0 saturated heterocycles. The van der Waals surface area contributed by atoms with Crippen molar-refractivity contribution in [3.8, 4) is 11.5 Å². The van der Waals surface area contributed by atoms with Crippen LogP contribution < -0.4 is 20.1 Å². The van der Waals surface area contributed by atoms with Crippen molar-refractivity contribution in [2.24, 2.45) is 4.99 Å². The third-order valence-corrected chi connectivity index (χ3v) is 2.77. The molecule has 0 aliphatic rings. The van der Waals surface area contributed by atoms with Gasteiger partial charge < -0.3 is 24.8 Å². The highest BCUT2D eigenvalue weighted by Gasteiger charge is 2.06. The summed E-state index contributed by atoms with van der Waals surface area (Å²) in [5, 5.41) is 6.45. The summed E-state index contributed by atoms with van der Waals surface area (Å²) in [6.07, 6.45) is 0.888. The highest BCUT2D eigenvalue weighted by Crippen LogP contribution is 2.29. The van der Waals surface area contributed by atoms with Crippen LogP contribution in [0.25, 0.3) is 0 Å². The monoisotopic (exact) mass is 295 g/mol. The van der Waals surface area contributed by atoms with Gasteiger partial charge in [-0.2, -0.15) is 0 Å². The van der Waals surface area contributed by atoms with Crippen LogP contribution >= 0.6 is 0 Å². The number of methoxy groups -OCH3 is 3. The Kier molecular flexibility index (Phi) is 8.04. The van der Waals surface area contributed by atoms with Gasteiger partial charge in [0.1, 0.15) is 0 Å². The Bertz CT molecular complexity index is 450. The molecular formula is C15H25N3O3. The molecule has 0 aliphatic heterocycles. The lowest BCUT2D eigenvalue weighted by atomic mass is 10.3. The van der Waals surface area contributed by atoms with Gasteiger partial charge in [0.15, 0.2) is 17.5 Å². The molecule has 0 heterocycles. The number of nitrogens with zero attached hydrogens (tertiary/aromatic N) is 1. The zero-order chi connectivity index (χ0) is 15.5. The van der Waals surface area contributed by atoms with Crippen molar-refractivity contribution >= 4 is 11.6 Å². The Morgan fingerprint density at radius 2 is 1.90 bits per heavy atom. The average molecular weight is 295 g/mol. The van der Waals surface area contributed by atoms with Crippen molar-refractivity contribution in [2.75, 3.05) is 46.3 Å². The molecule has 0 unspecified atom stereocenters. The van der Waals surface area contributed by atoms with Gasteiger partial charge in [0.05, 0.1) is 14.2 Å². The maximum absolute atomic E-state index is 5.29. The SMILES string of the molecule is CCNC(=NCCCOC)Nc1ccc(OC)c(OC)c1. The second-order valence-electron chi connectivity index (χ2n) is 4.30. The molecule has 1 rings (SSSR count). The standard InChI is InChI=1S/C15H25N3O3/c1-5-16-15(17-9-6-10-19-2)18-12-7-8-13(20-3)14(11-12)21-4/h7-8,11H,5-6,9-10H2,1-4H3,(H2,16,17,18). The molecule has 0 spiro atoms. The van der Waals surface area contributed by atoms with E-state index in [0.717, 1.165) is 24.6 Å². The maximum Gasteiger partial charge on any atom is 0.195 e. The summed E-state index contributed by atoms with van der Waals surface area (Å²) in [5.74, 6) is 2.11. The number of benzene rings is 1. The van der Waals surface area contributed by atoms with E-state index in [4.69, 9.17) is 14.2 Å². The first kappa shape index (κ1) is 17.1. The molecule has 0 amide bonds. The molecule has 118 valence electrons. The fourth-order valence-electron chi connectivity index (χ4n) is 1.76. The summed E-state index contributed by atoms with van der Waals surface area (Å²) in [7, 11) is 4.93. The average Bonchev–Trinajstić information content (AvgIpc) is 2.51. The van der Waals surface area contributed by atoms with Crippen LogP contribution in [0.4, 0.5) is 5.69 Å². The lowest BCUT2D eigenvalue weighted by molar-refractivity contribution is 0.197. The Balaban J connectivity index is 2.73. The van der Waals surface area contributed by atoms with Crippen LogP contribution in [0.1, 0.15) is 13.3 Å². The predicted molar refractivity (Wildman–Crippen MR) is 85.6 cm³/mol. The number of ether oxygens (including phenoxy) is 3. The van der Waals surface area contributed by atoms with Gasteiger partial charge in [-0.3, -0.25) is 4.99 Å². The number of nitrogens with one attached hydrogen (secondary N) is 2. The van der Waals surface area contributed by atoms with Crippen LogP contribution in [-0.2, 0) is 4.74 Å². The Morgan fingerprint density at radius 1 is 1.14 bits per heavy atom. The molecule has 0 atom stereocenters. The maximum atomic E-state index is 5.29. The molecule has 1 aromatic carbocycles. The summed E-state index contributed by atoms with van der Waals surface area (Å²) >= 11 is 0. The minimum absolute atomic E-state index is 0.678. The molecule has 1 aromatic rings. The third-order valence-electron chi connectivity index (χ3n) is 2.77. The zero-order valence-corrected chi connectivity index (χ0v) is 13.2. The van der Waals surface area contributed by atoms with Crippen molar-refractivity contribution in [3.63, 3.8) is 0 Å². The highest BCUT2D eigenvalue weighted by atomic mass is 16.5. The quantitative estimate of drug-likeness (QED) is 0.437. The van der Waals surface area contributed by atoms with E-state index < -0.39 is 0 Å². The first-order chi connectivity index (χ1) is 10.2. The number of hydrogen-bond acceptors (Lipinski definition) is 4. The van der Waals surface area contributed by atoms with Gasteiger partial charge >= 0.3 is 0 Å². The van der Waals surface area contributed by atoms with Gasteiger partial charge in [-0.05, 0) is 25.5 Å². The second-order valence-corrected chi connectivity index (χ2v) is 4.30. The van der Waals surface area contributed by atoms with Crippen LogP contribution in [0.5, 0.6) is 11.5 Å². The smallest absolute Gasteiger partial charge is 0.195 e. The molecule has 21 heavy (non-hydrogen) atoms. The van der Waals surface area contributed by atoms with E-state index in [1.165, 1.54) is 0 Å². The lowest BCUT2D eigenvalue weighted by Gasteiger charge is -2.13. The van der Waals surface area contributed by atoms with E-state index in [0.29, 0.717) is 24.7 Å². The minimum atomic E-state index is 0.678. The Morgan fingerprint density at radius 3 is 2.52 bits per heavy atom. The first-order valence-corrected chi connectivity index (χ1v) is 7.01. The summed E-state index contributed by atoms with van der Waals surface area (Å²) in [6, 6.07) is 5.65. The fraction of sp³-hybridized carbons (Fsp3) is 0.533. The third kappa shape index (κ3) is 5.91. The minimum Gasteiger partial charge on any atom is -0.493 e. The van der Waals surface area contributed by atoms with E-state index in [-0.39, 0.29) is 0 Å². The highest BCUT2D eigenvalue weighted by molar-refractivity contribution is 5.93. The summed E-state index contributed by atoms with van der Waals surface area (Å²) in [5.41, 5.74) is 0.888. The summed E-state index contributed by atoms with van der Waals surface area (Å²) in [4.78, 5) is 4.49. The zero-order valence-electron chi connectivity index (χ0n) is 13.2. The molecule has 0 aromatic heterocycles.